The zero-order valence-electron chi connectivity index (χ0n) is 9.70. The van der Waals surface area contributed by atoms with Gasteiger partial charge in [-0.05, 0) is 44.1 Å². The van der Waals surface area contributed by atoms with Crippen molar-refractivity contribution in [1.82, 2.24) is 0 Å². The predicted molar refractivity (Wildman–Crippen MR) is 69.4 cm³/mol. The zero-order valence-corrected chi connectivity index (χ0v) is 10.5. The van der Waals surface area contributed by atoms with Crippen LogP contribution in [0.15, 0.2) is 29.2 Å². The molecular weight excluding hydrogens is 202 g/mol. The molecule has 15 heavy (non-hydrogen) atoms. The summed E-state index contributed by atoms with van der Waals surface area (Å²) < 4.78 is 0. The molecule has 1 unspecified atom stereocenters. The third-order valence-corrected chi connectivity index (χ3v) is 3.67. The normalized spacial score (nSPS) is 12.7. The van der Waals surface area contributed by atoms with Crippen molar-refractivity contribution in [1.29, 1.82) is 0 Å². The second-order valence-corrected chi connectivity index (χ2v) is 5.22. The summed E-state index contributed by atoms with van der Waals surface area (Å²) >= 11 is 1.96. The number of aryl methyl sites for hydroxylation is 1. The van der Waals surface area contributed by atoms with Gasteiger partial charge in [0, 0.05) is 10.9 Å². The highest BCUT2D eigenvalue weighted by molar-refractivity contribution is 7.99. The lowest BCUT2D eigenvalue weighted by atomic mass is 10.2. The Hall–Kier alpha value is -0.470. The smallest absolute Gasteiger partial charge is 0.0101 e. The second-order valence-electron chi connectivity index (χ2n) is 4.09. The van der Waals surface area contributed by atoms with Crippen LogP contribution in [0.1, 0.15) is 31.7 Å². The van der Waals surface area contributed by atoms with Gasteiger partial charge in [0.25, 0.3) is 0 Å². The molecule has 84 valence electrons. The van der Waals surface area contributed by atoms with Crippen LogP contribution in [0.5, 0.6) is 0 Å². The van der Waals surface area contributed by atoms with Crippen molar-refractivity contribution in [2.45, 2.75) is 44.0 Å². The molecule has 0 heterocycles. The summed E-state index contributed by atoms with van der Waals surface area (Å²) in [5.41, 5.74) is 7.09. The van der Waals surface area contributed by atoms with Crippen molar-refractivity contribution >= 4 is 11.8 Å². The maximum absolute atomic E-state index is 5.70. The first-order chi connectivity index (χ1) is 7.20. The van der Waals surface area contributed by atoms with Gasteiger partial charge in [0.05, 0.1) is 0 Å². The Labute approximate surface area is 97.4 Å². The molecule has 1 aromatic rings. The van der Waals surface area contributed by atoms with E-state index in [1.165, 1.54) is 29.1 Å². The van der Waals surface area contributed by atoms with E-state index in [4.69, 9.17) is 5.73 Å². The van der Waals surface area contributed by atoms with E-state index in [2.05, 4.69) is 38.1 Å². The molecule has 0 saturated carbocycles. The number of benzene rings is 1. The maximum atomic E-state index is 5.70. The van der Waals surface area contributed by atoms with Crippen molar-refractivity contribution in [3.05, 3.63) is 29.8 Å². The van der Waals surface area contributed by atoms with Gasteiger partial charge in [0.15, 0.2) is 0 Å². The summed E-state index contributed by atoms with van der Waals surface area (Å²) in [6, 6.07) is 8.93. The van der Waals surface area contributed by atoms with Gasteiger partial charge in [-0.25, -0.2) is 0 Å². The molecule has 0 aliphatic carbocycles. The molecule has 1 nitrogen and oxygen atoms in total. The van der Waals surface area contributed by atoms with Crippen molar-refractivity contribution in [2.75, 3.05) is 5.75 Å². The molecule has 0 spiro atoms. The van der Waals surface area contributed by atoms with Gasteiger partial charge in [-0.2, -0.15) is 0 Å². The average Bonchev–Trinajstić information content (AvgIpc) is 2.20. The quantitative estimate of drug-likeness (QED) is 0.589. The number of hydrogen-bond donors (Lipinski definition) is 1. The van der Waals surface area contributed by atoms with Crippen molar-refractivity contribution in [3.63, 3.8) is 0 Å². The Morgan fingerprint density at radius 1 is 1.27 bits per heavy atom. The molecule has 0 saturated heterocycles. The van der Waals surface area contributed by atoms with E-state index < -0.39 is 0 Å². The third kappa shape index (κ3) is 5.24. The fraction of sp³-hybridized carbons (Fsp3) is 0.538. The summed E-state index contributed by atoms with van der Waals surface area (Å²) in [7, 11) is 0. The molecule has 0 aliphatic heterocycles. The van der Waals surface area contributed by atoms with Crippen molar-refractivity contribution in [2.24, 2.45) is 5.73 Å². The highest BCUT2D eigenvalue weighted by Crippen LogP contribution is 2.22. The fourth-order valence-electron chi connectivity index (χ4n) is 1.47. The van der Waals surface area contributed by atoms with Gasteiger partial charge in [-0.3, -0.25) is 0 Å². The molecule has 0 bridgehead atoms. The van der Waals surface area contributed by atoms with Crippen LogP contribution in [-0.2, 0) is 0 Å². The van der Waals surface area contributed by atoms with Crippen LogP contribution in [0.4, 0.5) is 0 Å². The molecule has 0 radical (unpaired) electrons. The summed E-state index contributed by atoms with van der Waals surface area (Å²) in [6.07, 6.45) is 3.66. The van der Waals surface area contributed by atoms with E-state index >= 15 is 0 Å². The van der Waals surface area contributed by atoms with Gasteiger partial charge in [-0.15, -0.1) is 11.8 Å². The van der Waals surface area contributed by atoms with Crippen LogP contribution >= 0.6 is 11.8 Å². The lowest BCUT2D eigenvalue weighted by Gasteiger charge is -2.06. The minimum atomic E-state index is 0.355. The predicted octanol–water partition coefficient (Wildman–Crippen LogP) is 3.60. The minimum absolute atomic E-state index is 0.355. The Kier molecular flexibility index (Phi) is 5.81. The molecular formula is C13H21NS. The van der Waals surface area contributed by atoms with E-state index in [0.29, 0.717) is 6.04 Å². The summed E-state index contributed by atoms with van der Waals surface area (Å²) in [5, 5.41) is 0. The number of nitrogens with two attached hydrogens (primary N) is 1. The maximum Gasteiger partial charge on any atom is 0.0101 e. The Morgan fingerprint density at radius 3 is 2.67 bits per heavy atom. The van der Waals surface area contributed by atoms with Gasteiger partial charge in [0.1, 0.15) is 0 Å². The molecule has 1 rings (SSSR count). The lowest BCUT2D eigenvalue weighted by Crippen LogP contribution is -2.13. The molecule has 0 amide bonds. The summed E-state index contributed by atoms with van der Waals surface area (Å²) in [6.45, 7) is 4.25. The van der Waals surface area contributed by atoms with Gasteiger partial charge in [-0.1, -0.05) is 24.6 Å². The molecule has 0 aliphatic rings. The number of rotatable bonds is 6. The minimum Gasteiger partial charge on any atom is -0.328 e. The first-order valence-corrected chi connectivity index (χ1v) is 6.62. The summed E-state index contributed by atoms with van der Waals surface area (Å²) in [5.74, 6) is 1.21. The van der Waals surface area contributed by atoms with E-state index in [1.54, 1.807) is 0 Å². The van der Waals surface area contributed by atoms with Gasteiger partial charge >= 0.3 is 0 Å². The average molecular weight is 223 g/mol. The fourth-order valence-corrected chi connectivity index (χ4v) is 2.51. The van der Waals surface area contributed by atoms with Gasteiger partial charge < -0.3 is 5.73 Å². The Morgan fingerprint density at radius 2 is 2.00 bits per heavy atom. The van der Waals surface area contributed by atoms with E-state index in [0.717, 1.165) is 6.42 Å². The number of unbranched alkanes of at least 4 members (excludes halogenated alkanes) is 1. The largest absolute Gasteiger partial charge is 0.328 e. The molecule has 2 heteroatoms. The van der Waals surface area contributed by atoms with Gasteiger partial charge in [0.2, 0.25) is 0 Å². The highest BCUT2D eigenvalue weighted by Gasteiger charge is 1.98. The van der Waals surface area contributed by atoms with Crippen LogP contribution in [0.2, 0.25) is 0 Å². The topological polar surface area (TPSA) is 26.0 Å². The number of hydrogen-bond acceptors (Lipinski definition) is 2. The van der Waals surface area contributed by atoms with E-state index in [-0.39, 0.29) is 0 Å². The van der Waals surface area contributed by atoms with E-state index in [9.17, 15) is 0 Å². The Balaban J connectivity index is 2.18. The Bertz CT molecular complexity index is 284. The highest BCUT2D eigenvalue weighted by atomic mass is 32.2. The molecule has 2 N–H and O–H groups in total. The standard InChI is InChI=1S/C13H21NS/c1-11-7-3-4-9-13(11)15-10-6-5-8-12(2)14/h3-4,7,9,12H,5-6,8,10,14H2,1-2H3. The molecule has 1 aromatic carbocycles. The summed E-state index contributed by atoms with van der Waals surface area (Å²) in [4.78, 5) is 1.42. The monoisotopic (exact) mass is 223 g/mol. The van der Waals surface area contributed by atoms with E-state index in [1.807, 2.05) is 11.8 Å². The SMILES string of the molecule is Cc1ccccc1SCCCCC(C)N. The first-order valence-electron chi connectivity index (χ1n) is 5.64. The van der Waals surface area contributed by atoms with Crippen molar-refractivity contribution in [3.8, 4) is 0 Å². The number of thioether (sulfide) groups is 1. The van der Waals surface area contributed by atoms with Crippen LogP contribution in [0.25, 0.3) is 0 Å². The molecule has 0 fully saturated rings. The lowest BCUT2D eigenvalue weighted by molar-refractivity contribution is 0.618. The van der Waals surface area contributed by atoms with Crippen molar-refractivity contribution < 1.29 is 0 Å². The molecule has 1 atom stereocenters. The first kappa shape index (κ1) is 12.6. The second kappa shape index (κ2) is 6.91. The zero-order chi connectivity index (χ0) is 11.1. The third-order valence-electron chi connectivity index (χ3n) is 2.40. The van der Waals surface area contributed by atoms with Crippen LogP contribution in [-0.4, -0.2) is 11.8 Å². The van der Waals surface area contributed by atoms with Crippen LogP contribution in [0, 0.1) is 6.92 Å². The molecule has 0 aromatic heterocycles. The van der Waals surface area contributed by atoms with Crippen LogP contribution < -0.4 is 5.73 Å². The van der Waals surface area contributed by atoms with Crippen LogP contribution in [0.3, 0.4) is 0 Å².